The van der Waals surface area contributed by atoms with E-state index < -0.39 is 5.91 Å². The van der Waals surface area contributed by atoms with Crippen molar-refractivity contribution in [3.05, 3.63) is 102 Å². The average molecular weight is 477 g/mol. The summed E-state index contributed by atoms with van der Waals surface area (Å²) in [4.78, 5) is 32.8. The lowest BCUT2D eigenvalue weighted by Crippen LogP contribution is -2.32. The van der Waals surface area contributed by atoms with E-state index in [0.717, 1.165) is 39.1 Å². The molecule has 0 aliphatic heterocycles. The second kappa shape index (κ2) is 9.76. The number of benzene rings is 4. The lowest BCUT2D eigenvalue weighted by Gasteiger charge is -2.10. The predicted octanol–water partition coefficient (Wildman–Crippen LogP) is 5.28. The van der Waals surface area contributed by atoms with Gasteiger partial charge in [0, 0.05) is 16.8 Å². The fourth-order valence-corrected chi connectivity index (χ4v) is 4.02. The maximum absolute atomic E-state index is 12.4. The first-order chi connectivity index (χ1) is 17.5. The smallest absolute Gasteiger partial charge is 0.251 e. The number of nitrogens with zero attached hydrogens (tertiary/aromatic N) is 1. The molecule has 5 aromatic rings. The van der Waals surface area contributed by atoms with E-state index >= 15 is 0 Å². The van der Waals surface area contributed by atoms with E-state index in [2.05, 4.69) is 21.7 Å². The Labute approximate surface area is 207 Å². The largest absolute Gasteiger partial charge is 0.508 e. The molecule has 0 unspecified atom stereocenters. The Morgan fingerprint density at radius 2 is 1.56 bits per heavy atom. The Balaban J connectivity index is 1.28. The predicted molar refractivity (Wildman–Crippen MR) is 141 cm³/mol. The zero-order valence-electron chi connectivity index (χ0n) is 19.6. The first-order valence-corrected chi connectivity index (χ1v) is 11.5. The number of aryl methyl sites for hydroxylation is 1. The highest BCUT2D eigenvalue weighted by Crippen LogP contribution is 2.28. The molecule has 0 spiro atoms. The van der Waals surface area contributed by atoms with Crippen molar-refractivity contribution in [2.24, 2.45) is 0 Å². The van der Waals surface area contributed by atoms with Gasteiger partial charge in [-0.2, -0.15) is 0 Å². The molecule has 0 atom stereocenters. The van der Waals surface area contributed by atoms with E-state index in [4.69, 9.17) is 4.98 Å². The maximum Gasteiger partial charge on any atom is 0.251 e. The number of para-hydroxylation sites is 1. The monoisotopic (exact) mass is 476 g/mol. The molecule has 1 heterocycles. The number of H-pyrrole nitrogens is 1. The van der Waals surface area contributed by atoms with Gasteiger partial charge in [-0.1, -0.05) is 42.5 Å². The van der Waals surface area contributed by atoms with Crippen molar-refractivity contribution < 1.29 is 14.7 Å². The number of aromatic hydroxyl groups is 1. The van der Waals surface area contributed by atoms with Crippen molar-refractivity contribution in [3.63, 3.8) is 0 Å². The van der Waals surface area contributed by atoms with Gasteiger partial charge in [-0.3, -0.25) is 9.59 Å². The Morgan fingerprint density at radius 1 is 0.861 bits per heavy atom. The van der Waals surface area contributed by atoms with E-state index in [1.54, 1.807) is 6.07 Å². The van der Waals surface area contributed by atoms with Crippen LogP contribution in [0.15, 0.2) is 91.0 Å². The van der Waals surface area contributed by atoms with Gasteiger partial charge >= 0.3 is 0 Å². The second-order valence-electron chi connectivity index (χ2n) is 8.50. The number of rotatable bonds is 6. The molecule has 7 heteroatoms. The van der Waals surface area contributed by atoms with Gasteiger partial charge in [0.05, 0.1) is 17.6 Å². The summed E-state index contributed by atoms with van der Waals surface area (Å²) in [5.74, 6) is 0.138. The Kier molecular flexibility index (Phi) is 6.19. The molecule has 5 rings (SSSR count). The Bertz CT molecular complexity index is 1570. The molecule has 0 radical (unpaired) electrons. The summed E-state index contributed by atoms with van der Waals surface area (Å²) in [5.41, 5.74) is 6.96. The molecule has 0 bridgehead atoms. The molecule has 0 saturated carbocycles. The van der Waals surface area contributed by atoms with Crippen LogP contribution in [0.1, 0.15) is 15.9 Å². The normalized spacial score (nSPS) is 10.8. The topological polar surface area (TPSA) is 107 Å². The van der Waals surface area contributed by atoms with Crippen molar-refractivity contribution >= 4 is 28.5 Å². The molecule has 36 heavy (non-hydrogen) atoms. The van der Waals surface area contributed by atoms with E-state index in [1.807, 2.05) is 61.5 Å². The number of phenols is 1. The van der Waals surface area contributed by atoms with Gasteiger partial charge in [0.15, 0.2) is 0 Å². The average Bonchev–Trinajstić information content (AvgIpc) is 3.34. The van der Waals surface area contributed by atoms with Crippen LogP contribution in [0.3, 0.4) is 0 Å². The van der Waals surface area contributed by atoms with Crippen LogP contribution in [-0.4, -0.2) is 33.4 Å². The van der Waals surface area contributed by atoms with E-state index in [9.17, 15) is 14.7 Å². The molecular formula is C29H24N4O3. The summed E-state index contributed by atoms with van der Waals surface area (Å²) < 4.78 is 0. The minimum atomic E-state index is -0.392. The van der Waals surface area contributed by atoms with Gasteiger partial charge in [-0.25, -0.2) is 4.98 Å². The van der Waals surface area contributed by atoms with Gasteiger partial charge < -0.3 is 20.7 Å². The Hall–Kier alpha value is -4.91. The minimum absolute atomic E-state index is 0.0717. The van der Waals surface area contributed by atoms with Crippen molar-refractivity contribution in [1.29, 1.82) is 0 Å². The molecule has 1 aromatic heterocycles. The third-order valence-electron chi connectivity index (χ3n) is 5.87. The zero-order valence-corrected chi connectivity index (χ0v) is 19.6. The van der Waals surface area contributed by atoms with Crippen LogP contribution in [0.5, 0.6) is 5.75 Å². The number of hydrogen-bond acceptors (Lipinski definition) is 4. The van der Waals surface area contributed by atoms with Gasteiger partial charge in [-0.15, -0.1) is 0 Å². The van der Waals surface area contributed by atoms with Gasteiger partial charge in [-0.05, 0) is 72.1 Å². The summed E-state index contributed by atoms with van der Waals surface area (Å²) in [7, 11) is 0. The van der Waals surface area contributed by atoms with E-state index in [0.29, 0.717) is 11.3 Å². The molecule has 178 valence electrons. The zero-order chi connectivity index (χ0) is 25.1. The standard InChI is InChI=1S/C29H24N4O3/c1-18-5-2-10-25-27(18)33-28(32-25)22-8-3-6-20(15-22)21-7-4-9-23(16-21)31-26(35)17-30-29(36)19-11-13-24(34)14-12-19/h2-16,34H,17H2,1H3,(H,30,36)(H,31,35)(H,32,33). The quantitative estimate of drug-likeness (QED) is 0.267. The number of hydrogen-bond donors (Lipinski definition) is 4. The van der Waals surface area contributed by atoms with Crippen molar-refractivity contribution in [1.82, 2.24) is 15.3 Å². The van der Waals surface area contributed by atoms with Crippen LogP contribution < -0.4 is 10.6 Å². The van der Waals surface area contributed by atoms with Crippen LogP contribution in [-0.2, 0) is 4.79 Å². The second-order valence-corrected chi connectivity index (χ2v) is 8.50. The third-order valence-corrected chi connectivity index (χ3v) is 5.87. The molecule has 0 fully saturated rings. The Morgan fingerprint density at radius 3 is 2.33 bits per heavy atom. The molecule has 0 aliphatic carbocycles. The molecular weight excluding hydrogens is 452 g/mol. The summed E-state index contributed by atoms with van der Waals surface area (Å²) in [6.45, 7) is 1.87. The molecule has 0 aliphatic rings. The van der Waals surface area contributed by atoms with Crippen LogP contribution in [0, 0.1) is 6.92 Å². The number of carbonyl (C=O) groups is 2. The number of amides is 2. The van der Waals surface area contributed by atoms with Crippen molar-refractivity contribution in [3.8, 4) is 28.3 Å². The number of phenolic OH excluding ortho intramolecular Hbond substituents is 1. The lowest BCUT2D eigenvalue weighted by molar-refractivity contribution is -0.115. The summed E-state index contributed by atoms with van der Waals surface area (Å²) >= 11 is 0. The summed E-state index contributed by atoms with van der Waals surface area (Å²) in [5, 5.41) is 14.7. The molecule has 7 nitrogen and oxygen atoms in total. The minimum Gasteiger partial charge on any atom is -0.508 e. The number of anilines is 1. The SMILES string of the molecule is Cc1cccc2[nH]c(-c3cccc(-c4cccc(NC(=O)CNC(=O)c5ccc(O)cc5)c4)c3)nc12. The fourth-order valence-electron chi connectivity index (χ4n) is 4.02. The van der Waals surface area contributed by atoms with E-state index in [-0.39, 0.29) is 18.2 Å². The van der Waals surface area contributed by atoms with Gasteiger partial charge in [0.1, 0.15) is 11.6 Å². The number of aromatic nitrogens is 2. The summed E-state index contributed by atoms with van der Waals surface area (Å²) in [6, 6.07) is 27.5. The fraction of sp³-hybridized carbons (Fsp3) is 0.0690. The highest BCUT2D eigenvalue weighted by atomic mass is 16.3. The highest BCUT2D eigenvalue weighted by Gasteiger charge is 2.11. The lowest BCUT2D eigenvalue weighted by atomic mass is 10.0. The van der Waals surface area contributed by atoms with Gasteiger partial charge in [0.2, 0.25) is 5.91 Å². The summed E-state index contributed by atoms with van der Waals surface area (Å²) in [6.07, 6.45) is 0. The molecule has 2 amide bonds. The van der Waals surface area contributed by atoms with Crippen LogP contribution in [0.2, 0.25) is 0 Å². The van der Waals surface area contributed by atoms with Crippen molar-refractivity contribution in [2.45, 2.75) is 6.92 Å². The first-order valence-electron chi connectivity index (χ1n) is 11.5. The number of fused-ring (bicyclic) bond motifs is 1. The maximum atomic E-state index is 12.4. The van der Waals surface area contributed by atoms with Gasteiger partial charge in [0.25, 0.3) is 5.91 Å². The van der Waals surface area contributed by atoms with Crippen LogP contribution in [0.25, 0.3) is 33.5 Å². The molecule has 0 saturated heterocycles. The number of carbonyl (C=O) groups excluding carboxylic acids is 2. The number of nitrogens with one attached hydrogen (secondary N) is 3. The van der Waals surface area contributed by atoms with E-state index in [1.165, 1.54) is 24.3 Å². The first kappa shape index (κ1) is 22.9. The van der Waals surface area contributed by atoms with Crippen molar-refractivity contribution in [2.75, 3.05) is 11.9 Å². The number of imidazole rings is 1. The highest BCUT2D eigenvalue weighted by molar-refractivity contribution is 5.99. The molecule has 4 N–H and O–H groups in total. The van der Waals surface area contributed by atoms with Crippen LogP contribution in [0.4, 0.5) is 5.69 Å². The molecule has 4 aromatic carbocycles. The third kappa shape index (κ3) is 4.95. The number of aromatic amines is 1. The van der Waals surface area contributed by atoms with Crippen LogP contribution >= 0.6 is 0 Å².